The van der Waals surface area contributed by atoms with Gasteiger partial charge in [0.05, 0.1) is 23.1 Å². The molecule has 0 aliphatic carbocycles. The van der Waals surface area contributed by atoms with Gasteiger partial charge in [-0.2, -0.15) is 5.10 Å². The van der Waals surface area contributed by atoms with Crippen LogP contribution in [0.4, 0.5) is 0 Å². The van der Waals surface area contributed by atoms with E-state index in [0.717, 1.165) is 28.0 Å². The molecular formula is C19H15ClN4S. The third kappa shape index (κ3) is 3.25. The van der Waals surface area contributed by atoms with Gasteiger partial charge < -0.3 is 0 Å². The molecule has 3 heterocycles. The molecule has 0 saturated carbocycles. The van der Waals surface area contributed by atoms with Crippen LogP contribution in [0.2, 0.25) is 5.15 Å². The first-order valence-electron chi connectivity index (χ1n) is 7.81. The van der Waals surface area contributed by atoms with Crippen LogP contribution in [0.5, 0.6) is 0 Å². The Morgan fingerprint density at radius 2 is 1.92 bits per heavy atom. The molecule has 0 spiro atoms. The van der Waals surface area contributed by atoms with Gasteiger partial charge in [-0.15, -0.1) is 11.8 Å². The van der Waals surface area contributed by atoms with Gasteiger partial charge in [0.2, 0.25) is 0 Å². The van der Waals surface area contributed by atoms with Gasteiger partial charge in [0.25, 0.3) is 0 Å². The fraction of sp³-hybridized carbons (Fsp3) is 0.105. The Balaban J connectivity index is 1.90. The lowest BCUT2D eigenvalue weighted by atomic mass is 10.0. The summed E-state index contributed by atoms with van der Waals surface area (Å²) in [6.07, 6.45) is 8.04. The summed E-state index contributed by atoms with van der Waals surface area (Å²) in [5.41, 5.74) is 5.06. The molecule has 0 amide bonds. The summed E-state index contributed by atoms with van der Waals surface area (Å²) in [4.78, 5) is 9.70. The van der Waals surface area contributed by atoms with Crippen LogP contribution in [0.15, 0.2) is 66.0 Å². The van der Waals surface area contributed by atoms with Gasteiger partial charge in [0.15, 0.2) is 0 Å². The Morgan fingerprint density at radius 3 is 2.68 bits per heavy atom. The standard InChI is InChI=1S/C19H15ClN4S/c1-25-15-7-8-17-16(9-14-10-21-11-18(20)22-14)19(23-24(17)12-15)13-5-3-2-4-6-13/h2-8,10-12H,9H2,1H3. The summed E-state index contributed by atoms with van der Waals surface area (Å²) in [6, 6.07) is 14.4. The van der Waals surface area contributed by atoms with Crippen molar-refractivity contribution >= 4 is 28.9 Å². The van der Waals surface area contributed by atoms with Gasteiger partial charge in [-0.25, -0.2) is 9.50 Å². The first kappa shape index (κ1) is 16.1. The van der Waals surface area contributed by atoms with Crippen molar-refractivity contribution < 1.29 is 0 Å². The number of benzene rings is 1. The molecular weight excluding hydrogens is 352 g/mol. The predicted molar refractivity (Wildman–Crippen MR) is 102 cm³/mol. The van der Waals surface area contributed by atoms with E-state index in [1.54, 1.807) is 24.2 Å². The summed E-state index contributed by atoms with van der Waals surface area (Å²) < 4.78 is 1.95. The van der Waals surface area contributed by atoms with Crippen molar-refractivity contribution in [3.8, 4) is 11.3 Å². The third-order valence-electron chi connectivity index (χ3n) is 4.00. The van der Waals surface area contributed by atoms with Crippen molar-refractivity contribution in [3.05, 3.63) is 77.5 Å². The van der Waals surface area contributed by atoms with E-state index < -0.39 is 0 Å². The summed E-state index contributed by atoms with van der Waals surface area (Å²) in [5, 5.41) is 5.23. The number of aromatic nitrogens is 4. The smallest absolute Gasteiger partial charge is 0.147 e. The normalized spacial score (nSPS) is 11.1. The Hall–Kier alpha value is -2.37. The van der Waals surface area contributed by atoms with E-state index in [1.807, 2.05) is 22.7 Å². The van der Waals surface area contributed by atoms with E-state index in [9.17, 15) is 0 Å². The number of nitrogens with zero attached hydrogens (tertiary/aromatic N) is 4. The van der Waals surface area contributed by atoms with Gasteiger partial charge >= 0.3 is 0 Å². The van der Waals surface area contributed by atoms with E-state index in [-0.39, 0.29) is 0 Å². The van der Waals surface area contributed by atoms with Crippen molar-refractivity contribution in [2.45, 2.75) is 11.3 Å². The molecule has 0 aliphatic heterocycles. The highest BCUT2D eigenvalue weighted by atomic mass is 35.5. The Kier molecular flexibility index (Phi) is 4.42. The van der Waals surface area contributed by atoms with Crippen molar-refractivity contribution in [1.82, 2.24) is 19.6 Å². The van der Waals surface area contributed by atoms with Crippen LogP contribution in [0, 0.1) is 0 Å². The van der Waals surface area contributed by atoms with Crippen LogP contribution in [0.25, 0.3) is 16.8 Å². The second kappa shape index (κ2) is 6.86. The molecule has 0 N–H and O–H groups in total. The van der Waals surface area contributed by atoms with E-state index in [0.29, 0.717) is 11.6 Å². The molecule has 4 nitrogen and oxygen atoms in total. The summed E-state index contributed by atoms with van der Waals surface area (Å²) in [6.45, 7) is 0. The summed E-state index contributed by atoms with van der Waals surface area (Å²) in [7, 11) is 0. The van der Waals surface area contributed by atoms with Crippen LogP contribution >= 0.6 is 23.4 Å². The van der Waals surface area contributed by atoms with E-state index in [1.165, 1.54) is 4.90 Å². The van der Waals surface area contributed by atoms with Crippen LogP contribution in [0.3, 0.4) is 0 Å². The average molecular weight is 367 g/mol. The number of hydrogen-bond donors (Lipinski definition) is 0. The van der Waals surface area contributed by atoms with Gasteiger partial charge in [-0.05, 0) is 18.4 Å². The van der Waals surface area contributed by atoms with Crippen molar-refractivity contribution in [2.75, 3.05) is 6.26 Å². The zero-order valence-corrected chi connectivity index (χ0v) is 15.1. The Bertz CT molecular complexity index is 1030. The monoisotopic (exact) mass is 366 g/mol. The van der Waals surface area contributed by atoms with Crippen molar-refractivity contribution in [3.63, 3.8) is 0 Å². The molecule has 0 atom stereocenters. The molecule has 3 aromatic heterocycles. The maximum Gasteiger partial charge on any atom is 0.147 e. The van der Waals surface area contributed by atoms with E-state index in [4.69, 9.17) is 16.7 Å². The molecule has 0 bridgehead atoms. The van der Waals surface area contributed by atoms with Gasteiger partial charge in [0, 0.05) is 34.8 Å². The zero-order chi connectivity index (χ0) is 17.2. The second-order valence-electron chi connectivity index (χ2n) is 5.60. The summed E-state index contributed by atoms with van der Waals surface area (Å²) >= 11 is 7.70. The highest BCUT2D eigenvalue weighted by molar-refractivity contribution is 7.98. The van der Waals surface area contributed by atoms with E-state index in [2.05, 4.69) is 46.7 Å². The minimum absolute atomic E-state index is 0.403. The fourth-order valence-electron chi connectivity index (χ4n) is 2.85. The molecule has 0 radical (unpaired) electrons. The number of halogens is 1. The zero-order valence-electron chi connectivity index (χ0n) is 13.6. The number of hydrogen-bond acceptors (Lipinski definition) is 4. The fourth-order valence-corrected chi connectivity index (χ4v) is 3.42. The lowest BCUT2D eigenvalue weighted by Crippen LogP contribution is -1.95. The molecule has 0 unspecified atom stereocenters. The third-order valence-corrected chi connectivity index (χ3v) is 4.90. The minimum Gasteiger partial charge on any atom is -0.260 e. The highest BCUT2D eigenvalue weighted by Crippen LogP contribution is 2.29. The maximum absolute atomic E-state index is 6.00. The molecule has 0 saturated heterocycles. The molecule has 124 valence electrons. The first-order chi connectivity index (χ1) is 12.2. The molecule has 6 heteroatoms. The maximum atomic E-state index is 6.00. The Morgan fingerprint density at radius 1 is 1.08 bits per heavy atom. The molecule has 0 aliphatic rings. The number of pyridine rings is 1. The lowest BCUT2D eigenvalue weighted by molar-refractivity contribution is 0.944. The topological polar surface area (TPSA) is 43.1 Å². The minimum atomic E-state index is 0.403. The van der Waals surface area contributed by atoms with Crippen LogP contribution in [0.1, 0.15) is 11.3 Å². The predicted octanol–water partition coefficient (Wildman–Crippen LogP) is 4.76. The van der Waals surface area contributed by atoms with Crippen LogP contribution < -0.4 is 0 Å². The highest BCUT2D eigenvalue weighted by Gasteiger charge is 2.16. The van der Waals surface area contributed by atoms with Crippen molar-refractivity contribution in [1.29, 1.82) is 0 Å². The number of rotatable bonds is 4. The number of thioether (sulfide) groups is 1. The van der Waals surface area contributed by atoms with Crippen molar-refractivity contribution in [2.24, 2.45) is 0 Å². The quantitative estimate of drug-likeness (QED) is 0.488. The second-order valence-corrected chi connectivity index (χ2v) is 6.87. The largest absolute Gasteiger partial charge is 0.260 e. The molecule has 4 aromatic rings. The van der Waals surface area contributed by atoms with Gasteiger partial charge in [-0.3, -0.25) is 4.98 Å². The molecule has 25 heavy (non-hydrogen) atoms. The molecule has 1 aromatic carbocycles. The Labute approximate surface area is 154 Å². The van der Waals surface area contributed by atoms with Gasteiger partial charge in [0.1, 0.15) is 5.15 Å². The number of fused-ring (bicyclic) bond motifs is 1. The summed E-state index contributed by atoms with van der Waals surface area (Å²) in [5.74, 6) is 0. The van der Waals surface area contributed by atoms with Crippen LogP contribution in [-0.4, -0.2) is 25.8 Å². The molecule has 0 fully saturated rings. The molecule has 4 rings (SSSR count). The van der Waals surface area contributed by atoms with Gasteiger partial charge in [-0.1, -0.05) is 41.9 Å². The van der Waals surface area contributed by atoms with Crippen LogP contribution in [-0.2, 0) is 6.42 Å². The van der Waals surface area contributed by atoms with E-state index >= 15 is 0 Å². The first-order valence-corrected chi connectivity index (χ1v) is 9.42. The lowest BCUT2D eigenvalue weighted by Gasteiger charge is -2.04. The SMILES string of the molecule is CSc1ccc2c(Cc3cncc(Cl)n3)c(-c3ccccc3)nn2c1. The average Bonchev–Trinajstić information content (AvgIpc) is 3.00.